The largest absolute Gasteiger partial charge is 0.487 e. The molecule has 0 aliphatic heterocycles. The third kappa shape index (κ3) is 3.54. The summed E-state index contributed by atoms with van der Waals surface area (Å²) in [4.78, 5) is 0. The summed E-state index contributed by atoms with van der Waals surface area (Å²) >= 11 is 0. The first-order valence-electron chi connectivity index (χ1n) is 6.33. The maximum absolute atomic E-state index is 13.9. The van der Waals surface area contributed by atoms with Crippen LogP contribution in [0, 0.1) is 0 Å². The predicted octanol–water partition coefficient (Wildman–Crippen LogP) is 3.91. The monoisotopic (exact) mass is 278 g/mol. The molecule has 1 N–H and O–H groups in total. The van der Waals surface area contributed by atoms with Crippen molar-refractivity contribution in [3.63, 3.8) is 0 Å². The summed E-state index contributed by atoms with van der Waals surface area (Å²) in [6.07, 6.45) is -0.659. The average Bonchev–Trinajstić information content (AvgIpc) is 2.46. The maximum Gasteiger partial charge on any atom is 0.306 e. The Balaban J connectivity index is 2.06. The molecule has 0 fully saturated rings. The van der Waals surface area contributed by atoms with Gasteiger partial charge in [0.1, 0.15) is 5.75 Å². The average molecular weight is 278 g/mol. The second-order valence-corrected chi connectivity index (χ2v) is 4.61. The third-order valence-electron chi connectivity index (χ3n) is 2.96. The number of alkyl halides is 2. The van der Waals surface area contributed by atoms with Gasteiger partial charge in [-0.3, -0.25) is 0 Å². The molecular weight excluding hydrogens is 262 g/mol. The van der Waals surface area contributed by atoms with Gasteiger partial charge < -0.3 is 9.84 Å². The van der Waals surface area contributed by atoms with E-state index in [4.69, 9.17) is 4.74 Å². The van der Waals surface area contributed by atoms with Crippen LogP contribution in [0.2, 0.25) is 0 Å². The minimum absolute atomic E-state index is 0.0771. The van der Waals surface area contributed by atoms with Crippen molar-refractivity contribution in [3.05, 3.63) is 65.7 Å². The molecule has 2 nitrogen and oxygen atoms in total. The molecule has 0 saturated heterocycles. The van der Waals surface area contributed by atoms with E-state index in [0.717, 1.165) is 0 Å². The molecule has 1 unspecified atom stereocenters. The van der Waals surface area contributed by atoms with Crippen molar-refractivity contribution < 1.29 is 18.6 Å². The fourth-order valence-corrected chi connectivity index (χ4v) is 1.80. The second kappa shape index (κ2) is 6.01. The smallest absolute Gasteiger partial charge is 0.306 e. The van der Waals surface area contributed by atoms with Crippen LogP contribution in [0.1, 0.15) is 24.2 Å². The van der Waals surface area contributed by atoms with Crippen LogP contribution in [0.5, 0.6) is 5.75 Å². The highest BCUT2D eigenvalue weighted by atomic mass is 19.3. The Hall–Kier alpha value is -1.94. The molecule has 2 rings (SSSR count). The van der Waals surface area contributed by atoms with E-state index in [0.29, 0.717) is 11.3 Å². The fourth-order valence-electron chi connectivity index (χ4n) is 1.80. The Labute approximate surface area is 116 Å². The number of aliphatic hydroxyl groups excluding tert-OH is 1. The molecule has 1 atom stereocenters. The number of benzene rings is 2. The lowest BCUT2D eigenvalue weighted by Crippen LogP contribution is -2.23. The molecule has 0 amide bonds. The van der Waals surface area contributed by atoms with E-state index in [1.54, 1.807) is 49.4 Å². The van der Waals surface area contributed by atoms with Crippen LogP contribution in [0.3, 0.4) is 0 Å². The number of rotatable bonds is 5. The zero-order chi connectivity index (χ0) is 14.6. The summed E-state index contributed by atoms with van der Waals surface area (Å²) in [7, 11) is 0. The van der Waals surface area contributed by atoms with Crippen LogP contribution in [0.4, 0.5) is 8.78 Å². The molecule has 20 heavy (non-hydrogen) atoms. The lowest BCUT2D eigenvalue weighted by molar-refractivity contribution is -0.0467. The normalized spacial score (nSPS) is 13.0. The quantitative estimate of drug-likeness (QED) is 0.898. The van der Waals surface area contributed by atoms with Gasteiger partial charge in [0.25, 0.3) is 0 Å². The molecule has 0 bridgehead atoms. The van der Waals surface area contributed by atoms with Crippen LogP contribution in [-0.4, -0.2) is 11.7 Å². The highest BCUT2D eigenvalue weighted by Gasteiger charge is 2.32. The van der Waals surface area contributed by atoms with E-state index in [9.17, 15) is 13.9 Å². The molecule has 0 saturated carbocycles. The maximum atomic E-state index is 13.9. The van der Waals surface area contributed by atoms with Crippen LogP contribution in [0.15, 0.2) is 54.6 Å². The van der Waals surface area contributed by atoms with Crippen molar-refractivity contribution >= 4 is 0 Å². The summed E-state index contributed by atoms with van der Waals surface area (Å²) in [5.41, 5.74) is 0.553. The molecule has 0 aliphatic rings. The van der Waals surface area contributed by atoms with Gasteiger partial charge in [0.2, 0.25) is 0 Å². The summed E-state index contributed by atoms with van der Waals surface area (Å²) in [6, 6.07) is 14.1. The minimum Gasteiger partial charge on any atom is -0.487 e. The topological polar surface area (TPSA) is 29.5 Å². The number of ether oxygens (including phenoxy) is 1. The number of hydrogen-bond acceptors (Lipinski definition) is 2. The van der Waals surface area contributed by atoms with Gasteiger partial charge in [0.15, 0.2) is 6.61 Å². The second-order valence-electron chi connectivity index (χ2n) is 4.61. The van der Waals surface area contributed by atoms with Gasteiger partial charge in [-0.1, -0.05) is 42.5 Å². The Bertz CT molecular complexity index is 553. The van der Waals surface area contributed by atoms with Gasteiger partial charge in [-0.2, -0.15) is 8.78 Å². The van der Waals surface area contributed by atoms with Crippen molar-refractivity contribution in [1.29, 1.82) is 0 Å². The molecule has 2 aromatic rings. The highest BCUT2D eigenvalue weighted by molar-refractivity contribution is 5.30. The Morgan fingerprint density at radius 2 is 1.80 bits per heavy atom. The van der Waals surface area contributed by atoms with Crippen molar-refractivity contribution in [2.24, 2.45) is 0 Å². The SMILES string of the molecule is CC(O)c1cccc(OCC(F)(F)c2ccccc2)c1. The Kier molecular flexibility index (Phi) is 4.35. The van der Waals surface area contributed by atoms with E-state index in [1.165, 1.54) is 12.1 Å². The van der Waals surface area contributed by atoms with Gasteiger partial charge in [-0.05, 0) is 24.6 Å². The van der Waals surface area contributed by atoms with Crippen molar-refractivity contribution in [2.75, 3.05) is 6.61 Å². The molecular formula is C16H16F2O2. The van der Waals surface area contributed by atoms with Crippen molar-refractivity contribution in [3.8, 4) is 5.75 Å². The summed E-state index contributed by atoms with van der Waals surface area (Å²) < 4.78 is 33.0. The molecule has 106 valence electrons. The van der Waals surface area contributed by atoms with Gasteiger partial charge in [-0.25, -0.2) is 0 Å². The van der Waals surface area contributed by atoms with Crippen molar-refractivity contribution in [1.82, 2.24) is 0 Å². The number of halogens is 2. The zero-order valence-electron chi connectivity index (χ0n) is 11.1. The van der Waals surface area contributed by atoms with Gasteiger partial charge in [0, 0.05) is 5.56 Å². The molecule has 0 aromatic heterocycles. The first-order chi connectivity index (χ1) is 9.49. The fraction of sp³-hybridized carbons (Fsp3) is 0.250. The van der Waals surface area contributed by atoms with E-state index in [2.05, 4.69) is 0 Å². The van der Waals surface area contributed by atoms with Crippen LogP contribution >= 0.6 is 0 Å². The summed E-state index contributed by atoms with van der Waals surface area (Å²) in [6.45, 7) is 0.873. The number of hydrogen-bond donors (Lipinski definition) is 1. The summed E-state index contributed by atoms with van der Waals surface area (Å²) in [5.74, 6) is -2.73. The molecule has 0 aliphatic carbocycles. The van der Waals surface area contributed by atoms with E-state index < -0.39 is 18.6 Å². The first kappa shape index (κ1) is 14.5. The van der Waals surface area contributed by atoms with Gasteiger partial charge in [-0.15, -0.1) is 0 Å². The lowest BCUT2D eigenvalue weighted by atomic mass is 10.1. The molecule has 2 aromatic carbocycles. The Morgan fingerprint density at radius 3 is 2.45 bits per heavy atom. The van der Waals surface area contributed by atoms with E-state index in [-0.39, 0.29) is 5.56 Å². The van der Waals surface area contributed by atoms with E-state index >= 15 is 0 Å². The van der Waals surface area contributed by atoms with Gasteiger partial charge >= 0.3 is 5.92 Å². The van der Waals surface area contributed by atoms with Crippen LogP contribution in [-0.2, 0) is 5.92 Å². The Morgan fingerprint density at radius 1 is 1.10 bits per heavy atom. The molecule has 0 heterocycles. The van der Waals surface area contributed by atoms with Crippen molar-refractivity contribution in [2.45, 2.75) is 19.0 Å². The minimum atomic E-state index is -3.05. The zero-order valence-corrected chi connectivity index (χ0v) is 11.1. The number of aliphatic hydroxyl groups is 1. The summed E-state index contributed by atoms with van der Waals surface area (Å²) in [5, 5.41) is 9.45. The standard InChI is InChI=1S/C16H16F2O2/c1-12(19)13-6-5-9-15(10-13)20-11-16(17,18)14-7-3-2-4-8-14/h2-10,12,19H,11H2,1H3. The third-order valence-corrected chi connectivity index (χ3v) is 2.96. The van der Waals surface area contributed by atoms with Gasteiger partial charge in [0.05, 0.1) is 6.10 Å². The molecule has 0 spiro atoms. The lowest BCUT2D eigenvalue weighted by Gasteiger charge is -2.18. The molecule has 0 radical (unpaired) electrons. The first-order valence-corrected chi connectivity index (χ1v) is 6.33. The highest BCUT2D eigenvalue weighted by Crippen LogP contribution is 2.29. The predicted molar refractivity (Wildman–Crippen MR) is 72.9 cm³/mol. The van der Waals surface area contributed by atoms with Crippen LogP contribution < -0.4 is 4.74 Å². The molecule has 4 heteroatoms. The van der Waals surface area contributed by atoms with Crippen LogP contribution in [0.25, 0.3) is 0 Å². The van der Waals surface area contributed by atoms with E-state index in [1.807, 2.05) is 0 Å².